The van der Waals surface area contributed by atoms with E-state index in [4.69, 9.17) is 0 Å². The van der Waals surface area contributed by atoms with Gasteiger partial charge >= 0.3 is 0 Å². The van der Waals surface area contributed by atoms with Crippen molar-refractivity contribution in [3.8, 4) is 0 Å². The summed E-state index contributed by atoms with van der Waals surface area (Å²) in [7, 11) is 0. The van der Waals surface area contributed by atoms with Crippen LogP contribution in [0.1, 0.15) is 26.7 Å². The van der Waals surface area contributed by atoms with Gasteiger partial charge in [-0.15, -0.1) is 11.8 Å². The first-order valence-corrected chi connectivity index (χ1v) is 6.43. The van der Waals surface area contributed by atoms with E-state index in [1.165, 1.54) is 4.90 Å². The van der Waals surface area contributed by atoms with Crippen LogP contribution in [0, 0.1) is 5.92 Å². The molecule has 0 bridgehead atoms. The number of carbonyl (C=O) groups is 1. The maximum absolute atomic E-state index is 11.3. The van der Waals surface area contributed by atoms with Crippen LogP contribution in [0.5, 0.6) is 0 Å². The summed E-state index contributed by atoms with van der Waals surface area (Å²) >= 11 is 1.82. The van der Waals surface area contributed by atoms with E-state index in [-0.39, 0.29) is 5.92 Å². The third kappa shape index (κ3) is 4.52. The van der Waals surface area contributed by atoms with E-state index in [0.717, 1.165) is 12.2 Å². The summed E-state index contributed by atoms with van der Waals surface area (Å²) in [5.41, 5.74) is 0. The van der Waals surface area contributed by atoms with Gasteiger partial charge in [0.2, 0.25) is 0 Å². The van der Waals surface area contributed by atoms with Crippen molar-refractivity contribution in [3.05, 3.63) is 30.3 Å². The van der Waals surface area contributed by atoms with Gasteiger partial charge in [-0.05, 0) is 24.3 Å². The highest BCUT2D eigenvalue weighted by molar-refractivity contribution is 7.99. The summed E-state index contributed by atoms with van der Waals surface area (Å²) in [6, 6.07) is 10.3. The standard InChI is InChI=1S/C13H18OS/c1-3-13(14)11(2)9-10-15-12-7-5-4-6-8-12/h4-8,11H,3,9-10H2,1-2H3. The molecular formula is C13H18OS. The fraction of sp³-hybridized carbons (Fsp3) is 0.462. The molecule has 1 atom stereocenters. The lowest BCUT2D eigenvalue weighted by Crippen LogP contribution is -2.09. The average Bonchev–Trinajstić information content (AvgIpc) is 2.29. The SMILES string of the molecule is CCC(=O)C(C)CCSc1ccccc1. The van der Waals surface area contributed by atoms with Crippen LogP contribution in [-0.4, -0.2) is 11.5 Å². The Bertz CT molecular complexity index is 295. The minimum atomic E-state index is 0.214. The Morgan fingerprint density at radius 3 is 2.60 bits per heavy atom. The minimum absolute atomic E-state index is 0.214. The van der Waals surface area contributed by atoms with Crippen molar-refractivity contribution in [2.75, 3.05) is 5.75 Å². The average molecular weight is 222 g/mol. The molecule has 15 heavy (non-hydrogen) atoms. The van der Waals surface area contributed by atoms with E-state index in [1.807, 2.05) is 43.8 Å². The van der Waals surface area contributed by atoms with E-state index in [0.29, 0.717) is 12.2 Å². The summed E-state index contributed by atoms with van der Waals surface area (Å²) in [5.74, 6) is 1.62. The highest BCUT2D eigenvalue weighted by Crippen LogP contribution is 2.20. The smallest absolute Gasteiger partial charge is 0.135 e. The molecular weight excluding hydrogens is 204 g/mol. The van der Waals surface area contributed by atoms with Crippen molar-refractivity contribution < 1.29 is 4.79 Å². The molecule has 0 aromatic heterocycles. The monoisotopic (exact) mass is 222 g/mol. The molecule has 0 saturated heterocycles. The van der Waals surface area contributed by atoms with Crippen molar-refractivity contribution in [1.29, 1.82) is 0 Å². The highest BCUT2D eigenvalue weighted by atomic mass is 32.2. The van der Waals surface area contributed by atoms with Crippen molar-refractivity contribution in [2.45, 2.75) is 31.6 Å². The van der Waals surface area contributed by atoms with E-state index >= 15 is 0 Å². The second kappa shape index (κ2) is 6.67. The van der Waals surface area contributed by atoms with Crippen molar-refractivity contribution in [3.63, 3.8) is 0 Å². The molecule has 82 valence electrons. The molecule has 1 aromatic carbocycles. The summed E-state index contributed by atoms with van der Waals surface area (Å²) in [6.07, 6.45) is 1.64. The molecule has 0 N–H and O–H groups in total. The molecule has 1 unspecified atom stereocenters. The summed E-state index contributed by atoms with van der Waals surface area (Å²) < 4.78 is 0. The van der Waals surface area contributed by atoms with Gasteiger partial charge in [0, 0.05) is 17.2 Å². The third-order valence-corrected chi connectivity index (χ3v) is 3.51. The Kier molecular flexibility index (Phi) is 5.48. The van der Waals surface area contributed by atoms with Gasteiger partial charge in [-0.1, -0.05) is 32.0 Å². The third-order valence-electron chi connectivity index (χ3n) is 2.46. The number of hydrogen-bond donors (Lipinski definition) is 0. The Morgan fingerprint density at radius 2 is 2.00 bits per heavy atom. The van der Waals surface area contributed by atoms with E-state index in [9.17, 15) is 4.79 Å². The van der Waals surface area contributed by atoms with Crippen LogP contribution in [0.2, 0.25) is 0 Å². The number of rotatable bonds is 6. The van der Waals surface area contributed by atoms with Crippen molar-refractivity contribution >= 4 is 17.5 Å². The molecule has 2 heteroatoms. The van der Waals surface area contributed by atoms with Gasteiger partial charge < -0.3 is 0 Å². The zero-order valence-electron chi connectivity index (χ0n) is 9.40. The van der Waals surface area contributed by atoms with Crippen LogP contribution in [0.4, 0.5) is 0 Å². The van der Waals surface area contributed by atoms with Gasteiger partial charge in [0.1, 0.15) is 5.78 Å². The lowest BCUT2D eigenvalue weighted by atomic mass is 10.0. The number of Topliss-reactive ketones (excluding diaryl/α,β-unsaturated/α-hetero) is 1. The largest absolute Gasteiger partial charge is 0.299 e. The van der Waals surface area contributed by atoms with E-state index in [2.05, 4.69) is 12.1 Å². The molecule has 0 heterocycles. The van der Waals surface area contributed by atoms with Gasteiger partial charge in [0.25, 0.3) is 0 Å². The molecule has 0 aliphatic heterocycles. The first-order valence-electron chi connectivity index (χ1n) is 5.44. The zero-order chi connectivity index (χ0) is 11.1. The first-order chi connectivity index (χ1) is 7.24. The molecule has 0 amide bonds. The van der Waals surface area contributed by atoms with E-state index in [1.54, 1.807) is 0 Å². The maximum atomic E-state index is 11.3. The Labute approximate surface area is 96.3 Å². The van der Waals surface area contributed by atoms with Crippen LogP contribution < -0.4 is 0 Å². The number of benzene rings is 1. The summed E-state index contributed by atoms with van der Waals surface area (Å²) in [4.78, 5) is 12.6. The van der Waals surface area contributed by atoms with Crippen LogP contribution in [0.3, 0.4) is 0 Å². The van der Waals surface area contributed by atoms with Gasteiger partial charge in [-0.2, -0.15) is 0 Å². The molecule has 1 nitrogen and oxygen atoms in total. The Morgan fingerprint density at radius 1 is 1.33 bits per heavy atom. The van der Waals surface area contributed by atoms with Gasteiger partial charge in [0.05, 0.1) is 0 Å². The van der Waals surface area contributed by atoms with Crippen molar-refractivity contribution in [2.24, 2.45) is 5.92 Å². The number of carbonyl (C=O) groups excluding carboxylic acids is 1. The van der Waals surface area contributed by atoms with Crippen LogP contribution in [0.25, 0.3) is 0 Å². The lowest BCUT2D eigenvalue weighted by molar-refractivity contribution is -0.122. The van der Waals surface area contributed by atoms with Crippen molar-refractivity contribution in [1.82, 2.24) is 0 Å². The van der Waals surface area contributed by atoms with Crippen LogP contribution >= 0.6 is 11.8 Å². The number of thioether (sulfide) groups is 1. The van der Waals surface area contributed by atoms with Crippen LogP contribution in [-0.2, 0) is 4.79 Å². The number of hydrogen-bond acceptors (Lipinski definition) is 2. The normalized spacial score (nSPS) is 12.4. The van der Waals surface area contributed by atoms with Gasteiger partial charge in [0.15, 0.2) is 0 Å². The maximum Gasteiger partial charge on any atom is 0.135 e. The number of ketones is 1. The second-order valence-corrected chi connectivity index (χ2v) is 4.84. The lowest BCUT2D eigenvalue weighted by Gasteiger charge is -2.08. The second-order valence-electron chi connectivity index (χ2n) is 3.67. The highest BCUT2D eigenvalue weighted by Gasteiger charge is 2.09. The summed E-state index contributed by atoms with van der Waals surface area (Å²) in [6.45, 7) is 3.96. The fourth-order valence-electron chi connectivity index (χ4n) is 1.38. The molecule has 0 aliphatic carbocycles. The molecule has 0 fully saturated rings. The predicted octanol–water partition coefficient (Wildman–Crippen LogP) is 3.78. The molecule has 1 rings (SSSR count). The Balaban J connectivity index is 2.25. The minimum Gasteiger partial charge on any atom is -0.299 e. The molecule has 0 radical (unpaired) electrons. The fourth-order valence-corrected chi connectivity index (χ4v) is 2.44. The van der Waals surface area contributed by atoms with Gasteiger partial charge in [-0.3, -0.25) is 4.79 Å². The Hall–Kier alpha value is -0.760. The molecule has 0 spiro atoms. The van der Waals surface area contributed by atoms with Crippen LogP contribution in [0.15, 0.2) is 35.2 Å². The topological polar surface area (TPSA) is 17.1 Å². The molecule has 0 saturated carbocycles. The molecule has 1 aromatic rings. The van der Waals surface area contributed by atoms with E-state index < -0.39 is 0 Å². The summed E-state index contributed by atoms with van der Waals surface area (Å²) in [5, 5.41) is 0. The predicted molar refractivity (Wildman–Crippen MR) is 66.2 cm³/mol. The quantitative estimate of drug-likeness (QED) is 0.681. The molecule has 0 aliphatic rings. The first kappa shape index (κ1) is 12.3. The zero-order valence-corrected chi connectivity index (χ0v) is 10.2. The van der Waals surface area contributed by atoms with Gasteiger partial charge in [-0.25, -0.2) is 0 Å².